The number of fused-ring (bicyclic) bond motifs is 1. The number of hydrogen-bond donors (Lipinski definition) is 2. The summed E-state index contributed by atoms with van der Waals surface area (Å²) < 4.78 is 11.4. The summed E-state index contributed by atoms with van der Waals surface area (Å²) in [5.41, 5.74) is 5.47. The van der Waals surface area contributed by atoms with Crippen molar-refractivity contribution in [3.63, 3.8) is 0 Å². The molecule has 2 N–H and O–H groups in total. The summed E-state index contributed by atoms with van der Waals surface area (Å²) in [5, 5.41) is 2.94. The number of oxazole rings is 1. The molecular formula is C25H32N4O4. The van der Waals surface area contributed by atoms with E-state index in [4.69, 9.17) is 9.15 Å². The smallest absolute Gasteiger partial charge is 0.254 e. The monoisotopic (exact) mass is 452 g/mol. The van der Waals surface area contributed by atoms with E-state index in [0.29, 0.717) is 34.2 Å². The summed E-state index contributed by atoms with van der Waals surface area (Å²) in [6, 6.07) is 4.24. The van der Waals surface area contributed by atoms with Gasteiger partial charge in [-0.1, -0.05) is 0 Å². The number of hydrogen-bond acceptors (Lipinski definition) is 6. The minimum atomic E-state index is -0.268. The fourth-order valence-electron chi connectivity index (χ4n) is 4.81. The van der Waals surface area contributed by atoms with Crippen LogP contribution in [0.15, 0.2) is 21.3 Å². The van der Waals surface area contributed by atoms with E-state index in [2.05, 4.69) is 27.1 Å². The highest BCUT2D eigenvalue weighted by Crippen LogP contribution is 2.34. The van der Waals surface area contributed by atoms with Gasteiger partial charge in [0.05, 0.1) is 5.56 Å². The molecule has 0 atom stereocenters. The van der Waals surface area contributed by atoms with Gasteiger partial charge in [0.25, 0.3) is 11.5 Å². The number of aromatic amines is 1. The van der Waals surface area contributed by atoms with E-state index in [0.717, 1.165) is 55.1 Å². The number of aromatic nitrogens is 2. The van der Waals surface area contributed by atoms with Gasteiger partial charge in [0.1, 0.15) is 5.52 Å². The average molecular weight is 453 g/mol. The van der Waals surface area contributed by atoms with Crippen LogP contribution in [0.1, 0.15) is 58.4 Å². The first-order chi connectivity index (χ1) is 15.8. The lowest BCUT2D eigenvalue weighted by Gasteiger charge is -2.36. The van der Waals surface area contributed by atoms with Crippen LogP contribution < -0.4 is 15.8 Å². The topological polar surface area (TPSA) is 100 Å². The molecular weight excluding hydrogens is 420 g/mol. The Morgan fingerprint density at radius 1 is 1.21 bits per heavy atom. The van der Waals surface area contributed by atoms with E-state index in [9.17, 15) is 9.59 Å². The molecule has 0 bridgehead atoms. The molecule has 1 aliphatic heterocycles. The first kappa shape index (κ1) is 23.0. The fraction of sp³-hybridized carbons (Fsp3) is 0.480. The minimum Gasteiger partial charge on any atom is -0.441 e. The second-order valence-electron chi connectivity index (χ2n) is 8.73. The number of pyridine rings is 1. The lowest BCUT2D eigenvalue weighted by molar-refractivity contribution is 0.0846. The summed E-state index contributed by atoms with van der Waals surface area (Å²) in [5.74, 6) is 0.241. The predicted octanol–water partition coefficient (Wildman–Crippen LogP) is 3.69. The standard InChI is InChI=1S/C25H32N4O4/c1-6-29(18-7-9-32-10-8-18)20-12-21-23(28-17(5)33-21)22(16(20)4)25(31)26-13-19-14(2)11-15(3)27-24(19)30/h11-12,18H,6-10,13H2,1-5H3,(H,26,31)(H,27,30). The van der Waals surface area contributed by atoms with Crippen LogP contribution in [-0.2, 0) is 11.3 Å². The van der Waals surface area contributed by atoms with Crippen molar-refractivity contribution in [1.82, 2.24) is 15.3 Å². The summed E-state index contributed by atoms with van der Waals surface area (Å²) >= 11 is 0. The van der Waals surface area contributed by atoms with E-state index in [1.165, 1.54) is 0 Å². The number of anilines is 1. The molecule has 3 aromatic rings. The summed E-state index contributed by atoms with van der Waals surface area (Å²) in [7, 11) is 0. The molecule has 2 aromatic heterocycles. The van der Waals surface area contributed by atoms with Crippen LogP contribution in [0.5, 0.6) is 0 Å². The zero-order chi connectivity index (χ0) is 23.7. The molecule has 1 saturated heterocycles. The summed E-state index contributed by atoms with van der Waals surface area (Å²) in [6.45, 7) is 12.0. The van der Waals surface area contributed by atoms with Crippen molar-refractivity contribution in [2.24, 2.45) is 0 Å². The average Bonchev–Trinajstić information content (AvgIpc) is 3.14. The van der Waals surface area contributed by atoms with Gasteiger partial charge in [0.2, 0.25) is 0 Å². The molecule has 3 heterocycles. The zero-order valence-electron chi connectivity index (χ0n) is 20.0. The Kier molecular flexibility index (Phi) is 6.56. The molecule has 1 aliphatic rings. The number of carbonyl (C=O) groups is 1. The van der Waals surface area contributed by atoms with Crippen molar-refractivity contribution in [3.8, 4) is 0 Å². The number of H-pyrrole nitrogens is 1. The maximum absolute atomic E-state index is 13.4. The van der Waals surface area contributed by atoms with Crippen LogP contribution >= 0.6 is 0 Å². The lowest BCUT2D eigenvalue weighted by Crippen LogP contribution is -2.40. The van der Waals surface area contributed by atoms with E-state index < -0.39 is 0 Å². The number of aryl methyl sites for hydroxylation is 3. The number of benzene rings is 1. The van der Waals surface area contributed by atoms with E-state index in [1.807, 2.05) is 32.9 Å². The molecule has 0 aliphatic carbocycles. The number of amides is 1. The van der Waals surface area contributed by atoms with Crippen molar-refractivity contribution >= 4 is 22.7 Å². The van der Waals surface area contributed by atoms with E-state index in [-0.39, 0.29) is 18.0 Å². The molecule has 0 unspecified atom stereocenters. The van der Waals surface area contributed by atoms with Gasteiger partial charge >= 0.3 is 0 Å². The fourth-order valence-corrected chi connectivity index (χ4v) is 4.81. The van der Waals surface area contributed by atoms with Crippen molar-refractivity contribution in [2.75, 3.05) is 24.7 Å². The van der Waals surface area contributed by atoms with Crippen molar-refractivity contribution < 1.29 is 13.9 Å². The van der Waals surface area contributed by atoms with Gasteiger partial charge in [-0.15, -0.1) is 0 Å². The second kappa shape index (κ2) is 9.39. The van der Waals surface area contributed by atoms with Crippen molar-refractivity contribution in [3.05, 3.63) is 56.3 Å². The van der Waals surface area contributed by atoms with Crippen LogP contribution in [0.2, 0.25) is 0 Å². The third-order valence-electron chi connectivity index (χ3n) is 6.45. The maximum Gasteiger partial charge on any atom is 0.254 e. The molecule has 0 spiro atoms. The second-order valence-corrected chi connectivity index (χ2v) is 8.73. The Hall–Kier alpha value is -3.13. The van der Waals surface area contributed by atoms with E-state index in [1.54, 1.807) is 6.92 Å². The van der Waals surface area contributed by atoms with E-state index >= 15 is 0 Å². The van der Waals surface area contributed by atoms with Crippen LogP contribution in [0.3, 0.4) is 0 Å². The molecule has 8 heteroatoms. The van der Waals surface area contributed by atoms with Gasteiger partial charge in [-0.25, -0.2) is 4.98 Å². The maximum atomic E-state index is 13.4. The molecule has 1 fully saturated rings. The van der Waals surface area contributed by atoms with Crippen LogP contribution in [0, 0.1) is 27.7 Å². The normalized spacial score (nSPS) is 14.6. The third kappa shape index (κ3) is 4.53. The van der Waals surface area contributed by atoms with Crippen molar-refractivity contribution in [2.45, 2.75) is 60.0 Å². The third-order valence-corrected chi connectivity index (χ3v) is 6.45. The Labute approximate surface area is 193 Å². The quantitative estimate of drug-likeness (QED) is 0.592. The number of ether oxygens (including phenoxy) is 1. The Morgan fingerprint density at radius 2 is 1.94 bits per heavy atom. The van der Waals surface area contributed by atoms with Gasteiger partial charge < -0.3 is 24.4 Å². The highest BCUT2D eigenvalue weighted by atomic mass is 16.5. The molecule has 33 heavy (non-hydrogen) atoms. The highest BCUT2D eigenvalue weighted by molar-refractivity contribution is 6.07. The Bertz CT molecular complexity index is 1240. The number of nitrogens with one attached hydrogen (secondary N) is 2. The number of rotatable bonds is 6. The van der Waals surface area contributed by atoms with Gasteiger partial charge in [0.15, 0.2) is 11.5 Å². The van der Waals surface area contributed by atoms with Gasteiger partial charge in [-0.3, -0.25) is 9.59 Å². The van der Waals surface area contributed by atoms with Gasteiger partial charge in [-0.2, -0.15) is 0 Å². The molecule has 176 valence electrons. The van der Waals surface area contributed by atoms with Crippen molar-refractivity contribution in [1.29, 1.82) is 0 Å². The van der Waals surface area contributed by atoms with Gasteiger partial charge in [-0.05, 0) is 57.7 Å². The molecule has 1 aromatic carbocycles. The number of nitrogens with zero attached hydrogens (tertiary/aromatic N) is 2. The highest BCUT2D eigenvalue weighted by Gasteiger charge is 2.27. The minimum absolute atomic E-state index is 0.139. The van der Waals surface area contributed by atoms with Crippen LogP contribution in [0.25, 0.3) is 11.1 Å². The SMILES string of the molecule is CCN(c1cc2oc(C)nc2c(C(=O)NCc2c(C)cc(C)[nH]c2=O)c1C)C1CCOCC1. The summed E-state index contributed by atoms with van der Waals surface area (Å²) in [6.07, 6.45) is 1.88. The van der Waals surface area contributed by atoms with Gasteiger partial charge in [0, 0.05) is 62.3 Å². The summed E-state index contributed by atoms with van der Waals surface area (Å²) in [4.78, 5) is 35.5. The molecule has 0 saturated carbocycles. The zero-order valence-corrected chi connectivity index (χ0v) is 20.0. The molecule has 1 amide bonds. The van der Waals surface area contributed by atoms with Crippen LogP contribution in [0.4, 0.5) is 5.69 Å². The molecule has 8 nitrogen and oxygen atoms in total. The first-order valence-corrected chi connectivity index (χ1v) is 11.5. The molecule has 4 rings (SSSR count). The van der Waals surface area contributed by atoms with Crippen LogP contribution in [-0.4, -0.2) is 41.7 Å². The lowest BCUT2D eigenvalue weighted by atomic mass is 9.99. The first-order valence-electron chi connectivity index (χ1n) is 11.5. The Balaban J connectivity index is 1.72. The Morgan fingerprint density at radius 3 is 2.61 bits per heavy atom. The molecule has 0 radical (unpaired) electrons. The predicted molar refractivity (Wildman–Crippen MR) is 128 cm³/mol. The number of carbonyl (C=O) groups excluding carboxylic acids is 1. The largest absolute Gasteiger partial charge is 0.441 e.